The summed E-state index contributed by atoms with van der Waals surface area (Å²) in [5.41, 5.74) is 3.59. The number of carboxylic acids is 1. The highest BCUT2D eigenvalue weighted by atomic mass is 16.5. The van der Waals surface area contributed by atoms with Crippen LogP contribution >= 0.6 is 0 Å². The third kappa shape index (κ3) is 3.71. The second kappa shape index (κ2) is 6.42. The fourth-order valence-electron chi connectivity index (χ4n) is 2.73. The monoisotopic (exact) mass is 311 g/mol. The van der Waals surface area contributed by atoms with Crippen LogP contribution in [0.25, 0.3) is 0 Å². The zero-order valence-electron chi connectivity index (χ0n) is 13.5. The standard InChI is InChI=1S/C19H21NO3/c1-13-6-7-18(8-14(13)2)23-17-5-3-4-15(9-17)10-20-11-16(12-20)19(21)22/h3-9,16H,10-12H2,1-2H3,(H,21,22). The average molecular weight is 311 g/mol. The molecule has 0 atom stereocenters. The summed E-state index contributed by atoms with van der Waals surface area (Å²) in [5, 5.41) is 8.92. The Kier molecular flexibility index (Phi) is 4.35. The predicted molar refractivity (Wildman–Crippen MR) is 88.8 cm³/mol. The zero-order chi connectivity index (χ0) is 16.4. The lowest BCUT2D eigenvalue weighted by molar-refractivity contribution is -0.147. The van der Waals surface area contributed by atoms with Crippen molar-refractivity contribution < 1.29 is 14.6 Å². The number of carboxylic acid groups (broad SMARTS) is 1. The first-order valence-corrected chi connectivity index (χ1v) is 7.80. The largest absolute Gasteiger partial charge is 0.481 e. The first-order chi connectivity index (χ1) is 11.0. The number of hydrogen-bond acceptors (Lipinski definition) is 3. The molecular formula is C19H21NO3. The van der Waals surface area contributed by atoms with Gasteiger partial charge in [0.15, 0.2) is 0 Å². The van der Waals surface area contributed by atoms with E-state index in [4.69, 9.17) is 9.84 Å². The summed E-state index contributed by atoms with van der Waals surface area (Å²) in [5.74, 6) is 0.722. The lowest BCUT2D eigenvalue weighted by Gasteiger charge is -2.36. The molecule has 0 spiro atoms. The Labute approximate surface area is 136 Å². The van der Waals surface area contributed by atoms with Crippen LogP contribution in [0.2, 0.25) is 0 Å². The molecule has 1 aliphatic rings. The smallest absolute Gasteiger partial charge is 0.309 e. The molecule has 1 aliphatic heterocycles. The van der Waals surface area contributed by atoms with Gasteiger partial charge in [0.2, 0.25) is 0 Å². The molecule has 0 aromatic heterocycles. The maximum atomic E-state index is 10.8. The molecule has 4 nitrogen and oxygen atoms in total. The summed E-state index contributed by atoms with van der Waals surface area (Å²) >= 11 is 0. The van der Waals surface area contributed by atoms with Gasteiger partial charge in [-0.3, -0.25) is 9.69 Å². The number of nitrogens with zero attached hydrogens (tertiary/aromatic N) is 1. The SMILES string of the molecule is Cc1ccc(Oc2cccc(CN3CC(C(=O)O)C3)c2)cc1C. The molecule has 2 aromatic carbocycles. The summed E-state index contributed by atoms with van der Waals surface area (Å²) < 4.78 is 5.93. The fourth-order valence-corrected chi connectivity index (χ4v) is 2.73. The van der Waals surface area contributed by atoms with Crippen LogP contribution in [0, 0.1) is 19.8 Å². The van der Waals surface area contributed by atoms with Gasteiger partial charge >= 0.3 is 5.97 Å². The molecule has 120 valence electrons. The normalized spacial score (nSPS) is 15.2. The molecule has 0 bridgehead atoms. The molecule has 4 heteroatoms. The van der Waals surface area contributed by atoms with Gasteiger partial charge < -0.3 is 9.84 Å². The van der Waals surface area contributed by atoms with E-state index in [1.165, 1.54) is 11.1 Å². The second-order valence-electron chi connectivity index (χ2n) is 6.22. The van der Waals surface area contributed by atoms with Gasteiger partial charge in [-0.05, 0) is 54.8 Å². The van der Waals surface area contributed by atoms with Crippen LogP contribution in [0.3, 0.4) is 0 Å². The van der Waals surface area contributed by atoms with Gasteiger partial charge in [0.25, 0.3) is 0 Å². The number of ether oxygens (including phenoxy) is 1. The molecule has 23 heavy (non-hydrogen) atoms. The highest BCUT2D eigenvalue weighted by molar-refractivity contribution is 5.71. The average Bonchev–Trinajstić information content (AvgIpc) is 2.46. The summed E-state index contributed by atoms with van der Waals surface area (Å²) in [6, 6.07) is 14.0. The van der Waals surface area contributed by atoms with Gasteiger partial charge in [-0.1, -0.05) is 18.2 Å². The summed E-state index contributed by atoms with van der Waals surface area (Å²) in [6.45, 7) is 6.15. The van der Waals surface area contributed by atoms with Crippen molar-refractivity contribution in [3.63, 3.8) is 0 Å². The van der Waals surface area contributed by atoms with Crippen LogP contribution in [-0.2, 0) is 11.3 Å². The fraction of sp³-hybridized carbons (Fsp3) is 0.316. The minimum Gasteiger partial charge on any atom is -0.481 e. The maximum absolute atomic E-state index is 10.8. The first kappa shape index (κ1) is 15.6. The molecule has 0 amide bonds. The second-order valence-corrected chi connectivity index (χ2v) is 6.22. The zero-order valence-corrected chi connectivity index (χ0v) is 13.5. The highest BCUT2D eigenvalue weighted by Crippen LogP contribution is 2.26. The van der Waals surface area contributed by atoms with Crippen molar-refractivity contribution in [2.45, 2.75) is 20.4 Å². The molecule has 1 N–H and O–H groups in total. The molecule has 2 aromatic rings. The number of aryl methyl sites for hydroxylation is 2. The van der Waals surface area contributed by atoms with Gasteiger partial charge in [0.1, 0.15) is 11.5 Å². The van der Waals surface area contributed by atoms with Crippen LogP contribution in [0.4, 0.5) is 0 Å². The lowest BCUT2D eigenvalue weighted by atomic mass is 9.99. The van der Waals surface area contributed by atoms with Crippen molar-refractivity contribution in [3.8, 4) is 11.5 Å². The lowest BCUT2D eigenvalue weighted by Crippen LogP contribution is -2.49. The predicted octanol–water partition coefficient (Wildman–Crippen LogP) is 3.61. The minimum absolute atomic E-state index is 0.218. The van der Waals surface area contributed by atoms with Crippen LogP contribution in [0.5, 0.6) is 11.5 Å². The Morgan fingerprint density at radius 1 is 1.13 bits per heavy atom. The van der Waals surface area contributed by atoms with Crippen molar-refractivity contribution in [1.82, 2.24) is 4.90 Å². The van der Waals surface area contributed by atoms with E-state index in [2.05, 4.69) is 24.8 Å². The molecule has 0 unspecified atom stereocenters. The number of carbonyl (C=O) groups is 1. The van der Waals surface area contributed by atoms with E-state index < -0.39 is 5.97 Å². The Morgan fingerprint density at radius 3 is 2.57 bits per heavy atom. The summed E-state index contributed by atoms with van der Waals surface area (Å²) in [6.07, 6.45) is 0. The third-order valence-corrected chi connectivity index (χ3v) is 4.33. The Hall–Kier alpha value is -2.33. The van der Waals surface area contributed by atoms with E-state index in [1.807, 2.05) is 36.4 Å². The van der Waals surface area contributed by atoms with Crippen LogP contribution in [-0.4, -0.2) is 29.1 Å². The number of likely N-dealkylation sites (tertiary alicyclic amines) is 1. The van der Waals surface area contributed by atoms with E-state index in [-0.39, 0.29) is 5.92 Å². The van der Waals surface area contributed by atoms with Crippen LogP contribution < -0.4 is 4.74 Å². The maximum Gasteiger partial charge on any atom is 0.309 e. The van der Waals surface area contributed by atoms with Crippen molar-refractivity contribution in [3.05, 3.63) is 59.2 Å². The molecule has 0 radical (unpaired) electrons. The number of hydrogen-bond donors (Lipinski definition) is 1. The van der Waals surface area contributed by atoms with Crippen molar-refractivity contribution in [2.75, 3.05) is 13.1 Å². The Morgan fingerprint density at radius 2 is 1.87 bits per heavy atom. The molecule has 1 saturated heterocycles. The molecule has 0 saturated carbocycles. The van der Waals surface area contributed by atoms with E-state index >= 15 is 0 Å². The third-order valence-electron chi connectivity index (χ3n) is 4.33. The van der Waals surface area contributed by atoms with Crippen molar-refractivity contribution >= 4 is 5.97 Å². The van der Waals surface area contributed by atoms with Crippen LogP contribution in [0.1, 0.15) is 16.7 Å². The van der Waals surface area contributed by atoms with Crippen LogP contribution in [0.15, 0.2) is 42.5 Å². The number of benzene rings is 2. The molecule has 3 rings (SSSR count). The topological polar surface area (TPSA) is 49.8 Å². The quantitative estimate of drug-likeness (QED) is 0.916. The van der Waals surface area contributed by atoms with E-state index in [0.29, 0.717) is 13.1 Å². The van der Waals surface area contributed by atoms with E-state index in [9.17, 15) is 4.79 Å². The number of aliphatic carboxylic acids is 1. The Bertz CT molecular complexity index is 720. The minimum atomic E-state index is -0.701. The molecule has 1 heterocycles. The van der Waals surface area contributed by atoms with E-state index in [0.717, 1.165) is 23.6 Å². The van der Waals surface area contributed by atoms with E-state index in [1.54, 1.807) is 0 Å². The van der Waals surface area contributed by atoms with Gasteiger partial charge in [-0.15, -0.1) is 0 Å². The highest BCUT2D eigenvalue weighted by Gasteiger charge is 2.32. The van der Waals surface area contributed by atoms with Gasteiger partial charge in [0.05, 0.1) is 5.92 Å². The molecule has 0 aliphatic carbocycles. The van der Waals surface area contributed by atoms with Gasteiger partial charge in [-0.25, -0.2) is 0 Å². The van der Waals surface area contributed by atoms with Crippen molar-refractivity contribution in [1.29, 1.82) is 0 Å². The van der Waals surface area contributed by atoms with Crippen molar-refractivity contribution in [2.24, 2.45) is 5.92 Å². The van der Waals surface area contributed by atoms with Gasteiger partial charge in [-0.2, -0.15) is 0 Å². The molecular weight excluding hydrogens is 290 g/mol. The number of rotatable bonds is 5. The Balaban J connectivity index is 1.63. The molecule has 1 fully saturated rings. The summed E-state index contributed by atoms with van der Waals surface area (Å²) in [7, 11) is 0. The summed E-state index contributed by atoms with van der Waals surface area (Å²) in [4.78, 5) is 13.0. The first-order valence-electron chi connectivity index (χ1n) is 7.80. The van der Waals surface area contributed by atoms with Gasteiger partial charge in [0, 0.05) is 19.6 Å².